The molecule has 2 heterocycles. The number of aryl methyl sites for hydroxylation is 3. The highest BCUT2D eigenvalue weighted by molar-refractivity contribution is 5.87. The minimum Gasteiger partial charge on any atom is -0.388 e. The van der Waals surface area contributed by atoms with Crippen molar-refractivity contribution in [3.8, 4) is 11.1 Å². The summed E-state index contributed by atoms with van der Waals surface area (Å²) in [6, 6.07) is 4.17. The van der Waals surface area contributed by atoms with Crippen LogP contribution in [0.4, 0.5) is 0 Å². The van der Waals surface area contributed by atoms with E-state index < -0.39 is 6.10 Å². The first-order chi connectivity index (χ1) is 11.5. The van der Waals surface area contributed by atoms with Gasteiger partial charge in [0.2, 0.25) is 0 Å². The van der Waals surface area contributed by atoms with Crippen molar-refractivity contribution in [2.45, 2.75) is 52.1 Å². The molecule has 24 heavy (non-hydrogen) atoms. The van der Waals surface area contributed by atoms with Gasteiger partial charge in [0.15, 0.2) is 0 Å². The summed E-state index contributed by atoms with van der Waals surface area (Å²) < 4.78 is 7.49. The molecular formula is C19H23N3O2. The van der Waals surface area contributed by atoms with Crippen molar-refractivity contribution in [3.05, 3.63) is 35.0 Å². The molecule has 1 saturated carbocycles. The van der Waals surface area contributed by atoms with E-state index in [0.717, 1.165) is 45.0 Å². The molecule has 0 amide bonds. The molecule has 1 unspecified atom stereocenters. The van der Waals surface area contributed by atoms with Gasteiger partial charge >= 0.3 is 0 Å². The number of fused-ring (bicyclic) bond motifs is 1. The number of aromatic nitrogens is 3. The molecular weight excluding hydrogens is 302 g/mol. The third kappa shape index (κ3) is 2.26. The topological polar surface area (TPSA) is 64.1 Å². The van der Waals surface area contributed by atoms with Gasteiger partial charge in [-0.25, -0.2) is 4.98 Å². The Morgan fingerprint density at radius 2 is 2.08 bits per heavy atom. The van der Waals surface area contributed by atoms with Crippen LogP contribution in [0.3, 0.4) is 0 Å². The first-order valence-electron chi connectivity index (χ1n) is 8.62. The van der Waals surface area contributed by atoms with Gasteiger partial charge in [0.05, 0.1) is 22.8 Å². The van der Waals surface area contributed by atoms with Crippen LogP contribution in [0.2, 0.25) is 0 Å². The third-order valence-electron chi connectivity index (χ3n) is 5.04. The van der Waals surface area contributed by atoms with Crippen molar-refractivity contribution >= 4 is 11.0 Å². The SMILES string of the molecule is CCC(O)c1cc(-c2c(C)noc2C)cc2nc(C3CC3)n(C)c12. The predicted molar refractivity (Wildman–Crippen MR) is 92.9 cm³/mol. The lowest BCUT2D eigenvalue weighted by molar-refractivity contribution is 0.175. The second-order valence-electron chi connectivity index (χ2n) is 6.86. The maximum atomic E-state index is 10.6. The minimum atomic E-state index is -0.504. The number of imidazole rings is 1. The zero-order chi connectivity index (χ0) is 17.0. The Morgan fingerprint density at radius 3 is 2.67 bits per heavy atom. The smallest absolute Gasteiger partial charge is 0.141 e. The molecule has 1 fully saturated rings. The highest BCUT2D eigenvalue weighted by Gasteiger charge is 2.30. The Balaban J connectivity index is 2.00. The molecule has 1 atom stereocenters. The average Bonchev–Trinajstić information content (AvgIpc) is 3.28. The number of hydrogen-bond acceptors (Lipinski definition) is 4. The second-order valence-corrected chi connectivity index (χ2v) is 6.86. The van der Waals surface area contributed by atoms with Gasteiger partial charge in [-0.05, 0) is 50.8 Å². The second kappa shape index (κ2) is 5.45. The summed E-state index contributed by atoms with van der Waals surface area (Å²) in [6.07, 6.45) is 2.58. The Hall–Kier alpha value is -2.14. The molecule has 3 aromatic rings. The van der Waals surface area contributed by atoms with E-state index in [1.54, 1.807) is 0 Å². The summed E-state index contributed by atoms with van der Waals surface area (Å²) in [7, 11) is 2.06. The van der Waals surface area contributed by atoms with E-state index in [1.165, 1.54) is 12.8 Å². The van der Waals surface area contributed by atoms with Gasteiger partial charge in [-0.2, -0.15) is 0 Å². The minimum absolute atomic E-state index is 0.504. The third-order valence-corrected chi connectivity index (χ3v) is 5.04. The Morgan fingerprint density at radius 1 is 1.33 bits per heavy atom. The van der Waals surface area contributed by atoms with Crippen LogP contribution in [0.1, 0.15) is 61.1 Å². The monoisotopic (exact) mass is 325 g/mol. The molecule has 0 aliphatic heterocycles. The lowest BCUT2D eigenvalue weighted by Crippen LogP contribution is -2.02. The number of benzene rings is 1. The van der Waals surface area contributed by atoms with E-state index in [4.69, 9.17) is 9.51 Å². The molecule has 1 N–H and O–H groups in total. The fourth-order valence-electron chi connectivity index (χ4n) is 3.62. The van der Waals surface area contributed by atoms with E-state index >= 15 is 0 Å². The fourth-order valence-corrected chi connectivity index (χ4v) is 3.62. The van der Waals surface area contributed by atoms with E-state index in [1.807, 2.05) is 20.8 Å². The zero-order valence-electron chi connectivity index (χ0n) is 14.6. The molecule has 0 bridgehead atoms. The van der Waals surface area contributed by atoms with Crippen molar-refractivity contribution < 1.29 is 9.63 Å². The normalized spacial score (nSPS) is 16.0. The van der Waals surface area contributed by atoms with Crippen LogP contribution in [-0.2, 0) is 7.05 Å². The van der Waals surface area contributed by atoms with Crippen molar-refractivity contribution in [1.29, 1.82) is 0 Å². The summed E-state index contributed by atoms with van der Waals surface area (Å²) in [5.74, 6) is 2.49. The molecule has 1 aromatic carbocycles. The van der Waals surface area contributed by atoms with Gasteiger partial charge in [-0.1, -0.05) is 12.1 Å². The quantitative estimate of drug-likeness (QED) is 0.782. The van der Waals surface area contributed by atoms with Gasteiger partial charge in [-0.3, -0.25) is 0 Å². The molecule has 5 heteroatoms. The largest absolute Gasteiger partial charge is 0.388 e. The molecule has 2 aromatic heterocycles. The van der Waals surface area contributed by atoms with E-state index in [0.29, 0.717) is 12.3 Å². The summed E-state index contributed by atoms with van der Waals surface area (Å²) >= 11 is 0. The van der Waals surface area contributed by atoms with Crippen molar-refractivity contribution in [1.82, 2.24) is 14.7 Å². The van der Waals surface area contributed by atoms with Crippen LogP contribution < -0.4 is 0 Å². The number of hydrogen-bond donors (Lipinski definition) is 1. The summed E-state index contributed by atoms with van der Waals surface area (Å²) in [4.78, 5) is 4.88. The van der Waals surface area contributed by atoms with Crippen LogP contribution in [0, 0.1) is 13.8 Å². The standard InChI is InChI=1S/C19H23N3O2/c1-5-16(23)14-8-13(17-10(2)21-24-11(17)3)9-15-18(14)22(4)19(20-15)12-6-7-12/h8-9,12,16,23H,5-7H2,1-4H3. The highest BCUT2D eigenvalue weighted by Crippen LogP contribution is 2.42. The van der Waals surface area contributed by atoms with Crippen molar-refractivity contribution in [2.24, 2.45) is 7.05 Å². The maximum absolute atomic E-state index is 10.6. The molecule has 5 nitrogen and oxygen atoms in total. The zero-order valence-corrected chi connectivity index (χ0v) is 14.6. The average molecular weight is 325 g/mol. The molecule has 1 aliphatic rings. The molecule has 0 spiro atoms. The fraction of sp³-hybridized carbons (Fsp3) is 0.474. The Kier molecular flexibility index (Phi) is 3.49. The Bertz CT molecular complexity index is 899. The van der Waals surface area contributed by atoms with Crippen LogP contribution in [0.25, 0.3) is 22.2 Å². The molecule has 0 saturated heterocycles. The van der Waals surface area contributed by atoms with Gasteiger partial charge in [0.1, 0.15) is 11.6 Å². The number of aliphatic hydroxyl groups is 1. The molecule has 1 aliphatic carbocycles. The van der Waals surface area contributed by atoms with E-state index in [-0.39, 0.29) is 0 Å². The first-order valence-corrected chi connectivity index (χ1v) is 8.62. The summed E-state index contributed by atoms with van der Waals surface area (Å²) in [5, 5.41) is 14.7. The Labute approximate surface area is 141 Å². The summed E-state index contributed by atoms with van der Waals surface area (Å²) in [6.45, 7) is 5.86. The van der Waals surface area contributed by atoms with Crippen LogP contribution >= 0.6 is 0 Å². The van der Waals surface area contributed by atoms with Crippen LogP contribution in [0.15, 0.2) is 16.7 Å². The highest BCUT2D eigenvalue weighted by atomic mass is 16.5. The number of rotatable bonds is 4. The van der Waals surface area contributed by atoms with E-state index in [9.17, 15) is 5.11 Å². The lowest BCUT2D eigenvalue weighted by atomic mass is 9.97. The first kappa shape index (κ1) is 15.4. The van der Waals surface area contributed by atoms with E-state index in [2.05, 4.69) is 28.9 Å². The molecule has 0 radical (unpaired) electrons. The molecule has 126 valence electrons. The predicted octanol–water partition coefficient (Wildman–Crippen LogP) is 4.17. The van der Waals surface area contributed by atoms with Crippen LogP contribution in [0.5, 0.6) is 0 Å². The van der Waals surface area contributed by atoms with Gasteiger partial charge in [-0.15, -0.1) is 0 Å². The van der Waals surface area contributed by atoms with Crippen LogP contribution in [-0.4, -0.2) is 19.8 Å². The number of nitrogens with zero attached hydrogens (tertiary/aromatic N) is 3. The lowest BCUT2D eigenvalue weighted by Gasteiger charge is -2.13. The number of aliphatic hydroxyl groups excluding tert-OH is 1. The van der Waals surface area contributed by atoms with Gasteiger partial charge in [0.25, 0.3) is 0 Å². The summed E-state index contributed by atoms with van der Waals surface area (Å²) in [5.41, 5.74) is 5.80. The van der Waals surface area contributed by atoms with Gasteiger partial charge < -0.3 is 14.2 Å². The van der Waals surface area contributed by atoms with Crippen molar-refractivity contribution in [2.75, 3.05) is 0 Å². The van der Waals surface area contributed by atoms with Gasteiger partial charge in [0, 0.05) is 24.1 Å². The van der Waals surface area contributed by atoms with Crippen molar-refractivity contribution in [3.63, 3.8) is 0 Å². The molecule has 4 rings (SSSR count). The maximum Gasteiger partial charge on any atom is 0.141 e.